The van der Waals surface area contributed by atoms with Gasteiger partial charge in [-0.15, -0.1) is 0 Å². The molecule has 0 aliphatic rings. The molecular formula is C20H27NO4. The standard InChI is InChI=1S/C20H27NO4/c1-3-4-5-6-7-8-11-21-19(22)14-24-16-9-10-17-15(2)12-20(23)25-18(17)13-16/h9-10,12-13H,3-8,11,14H2,1-2H3,(H,21,22). The molecule has 0 bridgehead atoms. The van der Waals surface area contributed by atoms with Crippen molar-refractivity contribution in [2.75, 3.05) is 13.2 Å². The average molecular weight is 345 g/mol. The topological polar surface area (TPSA) is 68.5 Å². The number of unbranched alkanes of at least 4 members (excludes halogenated alkanes) is 5. The van der Waals surface area contributed by atoms with Crippen LogP contribution in [0.1, 0.15) is 51.0 Å². The maximum Gasteiger partial charge on any atom is 0.336 e. The van der Waals surface area contributed by atoms with E-state index in [1.165, 1.54) is 31.7 Å². The number of carbonyl (C=O) groups excluding carboxylic acids is 1. The van der Waals surface area contributed by atoms with Crippen molar-refractivity contribution in [3.8, 4) is 5.75 Å². The number of nitrogens with one attached hydrogen (secondary N) is 1. The van der Waals surface area contributed by atoms with Crippen LogP contribution < -0.4 is 15.7 Å². The predicted molar refractivity (Wildman–Crippen MR) is 99.1 cm³/mol. The van der Waals surface area contributed by atoms with Crippen LogP contribution in [-0.4, -0.2) is 19.1 Å². The summed E-state index contributed by atoms with van der Waals surface area (Å²) in [7, 11) is 0. The second kappa shape index (κ2) is 9.87. The van der Waals surface area contributed by atoms with Gasteiger partial charge < -0.3 is 14.5 Å². The Hall–Kier alpha value is -2.30. The van der Waals surface area contributed by atoms with Crippen molar-refractivity contribution in [3.63, 3.8) is 0 Å². The monoisotopic (exact) mass is 345 g/mol. The first kappa shape index (κ1) is 19.0. The molecule has 0 aliphatic heterocycles. The van der Waals surface area contributed by atoms with Gasteiger partial charge in [-0.2, -0.15) is 0 Å². The van der Waals surface area contributed by atoms with E-state index in [0.717, 1.165) is 23.8 Å². The first-order valence-corrected chi connectivity index (χ1v) is 9.04. The first-order valence-electron chi connectivity index (χ1n) is 9.04. The van der Waals surface area contributed by atoms with Crippen LogP contribution in [0.4, 0.5) is 0 Å². The second-order valence-corrected chi connectivity index (χ2v) is 6.31. The van der Waals surface area contributed by atoms with Crippen LogP contribution in [0.15, 0.2) is 33.5 Å². The molecule has 136 valence electrons. The van der Waals surface area contributed by atoms with E-state index in [-0.39, 0.29) is 18.1 Å². The van der Waals surface area contributed by atoms with Gasteiger partial charge in [0.1, 0.15) is 11.3 Å². The lowest BCUT2D eigenvalue weighted by Gasteiger charge is -2.08. The summed E-state index contributed by atoms with van der Waals surface area (Å²) in [5.74, 6) is 0.371. The van der Waals surface area contributed by atoms with Crippen LogP contribution >= 0.6 is 0 Å². The van der Waals surface area contributed by atoms with Crippen molar-refractivity contribution in [1.82, 2.24) is 5.32 Å². The smallest absolute Gasteiger partial charge is 0.336 e. The van der Waals surface area contributed by atoms with Gasteiger partial charge in [0.2, 0.25) is 0 Å². The minimum absolute atomic E-state index is 0.0443. The number of aryl methyl sites for hydroxylation is 1. The largest absolute Gasteiger partial charge is 0.484 e. The Labute approximate surface area is 148 Å². The highest BCUT2D eigenvalue weighted by Gasteiger charge is 2.06. The lowest BCUT2D eigenvalue weighted by atomic mass is 10.1. The van der Waals surface area contributed by atoms with E-state index in [0.29, 0.717) is 17.9 Å². The Balaban J connectivity index is 1.74. The van der Waals surface area contributed by atoms with E-state index >= 15 is 0 Å². The van der Waals surface area contributed by atoms with Crippen LogP contribution in [0.3, 0.4) is 0 Å². The molecule has 0 aliphatic carbocycles. The Morgan fingerprint density at radius 1 is 1.12 bits per heavy atom. The van der Waals surface area contributed by atoms with E-state index in [1.54, 1.807) is 12.1 Å². The highest BCUT2D eigenvalue weighted by atomic mass is 16.5. The van der Waals surface area contributed by atoms with Crippen molar-refractivity contribution in [2.45, 2.75) is 52.4 Å². The molecule has 0 atom stereocenters. The number of benzene rings is 1. The third-order valence-corrected chi connectivity index (χ3v) is 4.15. The van der Waals surface area contributed by atoms with Gasteiger partial charge in [-0.05, 0) is 31.0 Å². The number of fused-ring (bicyclic) bond motifs is 1. The summed E-state index contributed by atoms with van der Waals surface area (Å²) in [6.45, 7) is 4.69. The highest BCUT2D eigenvalue weighted by molar-refractivity contribution is 5.81. The molecule has 0 fully saturated rings. The Kier molecular flexibility index (Phi) is 7.51. The van der Waals surface area contributed by atoms with Crippen molar-refractivity contribution < 1.29 is 13.9 Å². The summed E-state index contributed by atoms with van der Waals surface area (Å²) in [6, 6.07) is 6.71. The quantitative estimate of drug-likeness (QED) is 0.523. The van der Waals surface area contributed by atoms with Gasteiger partial charge in [0.05, 0.1) is 0 Å². The van der Waals surface area contributed by atoms with Crippen molar-refractivity contribution in [3.05, 3.63) is 40.2 Å². The van der Waals surface area contributed by atoms with E-state index < -0.39 is 0 Å². The zero-order chi connectivity index (χ0) is 18.1. The summed E-state index contributed by atoms with van der Waals surface area (Å²) < 4.78 is 10.7. The lowest BCUT2D eigenvalue weighted by molar-refractivity contribution is -0.123. The molecule has 1 aromatic carbocycles. The summed E-state index contributed by atoms with van der Waals surface area (Å²) in [5, 5.41) is 3.72. The van der Waals surface area contributed by atoms with E-state index in [1.807, 2.05) is 13.0 Å². The van der Waals surface area contributed by atoms with Crippen LogP contribution in [0.5, 0.6) is 5.75 Å². The van der Waals surface area contributed by atoms with E-state index in [2.05, 4.69) is 12.2 Å². The lowest BCUT2D eigenvalue weighted by Crippen LogP contribution is -2.29. The number of ether oxygens (including phenoxy) is 1. The zero-order valence-corrected chi connectivity index (χ0v) is 15.1. The maximum absolute atomic E-state index is 11.8. The third-order valence-electron chi connectivity index (χ3n) is 4.15. The van der Waals surface area contributed by atoms with Crippen molar-refractivity contribution in [1.29, 1.82) is 0 Å². The fraction of sp³-hybridized carbons (Fsp3) is 0.500. The van der Waals surface area contributed by atoms with Crippen LogP contribution in [-0.2, 0) is 4.79 Å². The van der Waals surface area contributed by atoms with Crippen LogP contribution in [0.25, 0.3) is 11.0 Å². The molecule has 5 nitrogen and oxygen atoms in total. The molecule has 1 heterocycles. The maximum atomic E-state index is 11.8. The van der Waals surface area contributed by atoms with Gasteiger partial charge in [0.15, 0.2) is 6.61 Å². The summed E-state index contributed by atoms with van der Waals surface area (Å²) in [4.78, 5) is 23.3. The van der Waals surface area contributed by atoms with Crippen molar-refractivity contribution >= 4 is 16.9 Å². The normalized spacial score (nSPS) is 10.8. The van der Waals surface area contributed by atoms with Gasteiger partial charge in [0, 0.05) is 24.1 Å². The minimum Gasteiger partial charge on any atom is -0.484 e. The molecule has 5 heteroatoms. The van der Waals surface area contributed by atoms with Gasteiger partial charge in [0.25, 0.3) is 5.91 Å². The van der Waals surface area contributed by atoms with Crippen LogP contribution in [0.2, 0.25) is 0 Å². The summed E-state index contributed by atoms with van der Waals surface area (Å²) in [6.07, 6.45) is 7.16. The SMILES string of the molecule is CCCCCCCCNC(=O)COc1ccc2c(C)cc(=O)oc2c1. The Morgan fingerprint density at radius 2 is 1.88 bits per heavy atom. The second-order valence-electron chi connectivity index (χ2n) is 6.31. The highest BCUT2D eigenvalue weighted by Crippen LogP contribution is 2.22. The fourth-order valence-electron chi connectivity index (χ4n) is 2.73. The molecule has 0 spiro atoms. The zero-order valence-electron chi connectivity index (χ0n) is 15.1. The third kappa shape index (κ3) is 6.25. The van der Waals surface area contributed by atoms with Crippen molar-refractivity contribution in [2.24, 2.45) is 0 Å². The predicted octanol–water partition coefficient (Wildman–Crippen LogP) is 3.96. The molecular weight excluding hydrogens is 318 g/mol. The first-order chi connectivity index (χ1) is 12.1. The summed E-state index contributed by atoms with van der Waals surface area (Å²) >= 11 is 0. The number of hydrogen-bond donors (Lipinski definition) is 1. The van der Waals surface area contributed by atoms with Crippen LogP contribution in [0, 0.1) is 6.92 Å². The molecule has 25 heavy (non-hydrogen) atoms. The van der Waals surface area contributed by atoms with E-state index in [4.69, 9.17) is 9.15 Å². The Morgan fingerprint density at radius 3 is 2.68 bits per heavy atom. The number of hydrogen-bond acceptors (Lipinski definition) is 4. The molecule has 1 amide bonds. The van der Waals surface area contributed by atoms with Gasteiger partial charge >= 0.3 is 5.63 Å². The molecule has 0 unspecified atom stereocenters. The van der Waals surface area contributed by atoms with Gasteiger partial charge in [-0.1, -0.05) is 39.0 Å². The molecule has 1 N–H and O–H groups in total. The van der Waals surface area contributed by atoms with Gasteiger partial charge in [-0.25, -0.2) is 4.79 Å². The number of carbonyl (C=O) groups is 1. The molecule has 2 aromatic rings. The number of rotatable bonds is 10. The molecule has 2 rings (SSSR count). The molecule has 0 radical (unpaired) electrons. The fourth-order valence-corrected chi connectivity index (χ4v) is 2.73. The van der Waals surface area contributed by atoms with E-state index in [9.17, 15) is 9.59 Å². The molecule has 1 aromatic heterocycles. The minimum atomic E-state index is -0.390. The average Bonchev–Trinajstić information content (AvgIpc) is 2.58. The molecule has 0 saturated heterocycles. The molecule has 0 saturated carbocycles. The summed E-state index contributed by atoms with van der Waals surface area (Å²) in [5.41, 5.74) is 0.934. The number of amides is 1. The Bertz CT molecular complexity index is 751. The van der Waals surface area contributed by atoms with Gasteiger partial charge in [-0.3, -0.25) is 4.79 Å².